The van der Waals surface area contributed by atoms with Crippen molar-refractivity contribution in [3.63, 3.8) is 0 Å². The lowest BCUT2D eigenvalue weighted by molar-refractivity contribution is -0.394. The molecule has 0 bridgehead atoms. The van der Waals surface area contributed by atoms with Gasteiger partial charge in [-0.2, -0.15) is 0 Å². The number of hydrogen-bond acceptors (Lipinski definition) is 5. The molecule has 23 heavy (non-hydrogen) atoms. The van der Waals surface area contributed by atoms with Crippen molar-refractivity contribution in [3.8, 4) is 0 Å². The summed E-state index contributed by atoms with van der Waals surface area (Å²) in [5.41, 5.74) is 0.164. The van der Waals surface area contributed by atoms with Gasteiger partial charge in [-0.25, -0.2) is 0 Å². The number of carbonyl (C=O) groups excluding carboxylic acids is 1. The number of benzene rings is 2. The van der Waals surface area contributed by atoms with Gasteiger partial charge in [0, 0.05) is 22.3 Å². The summed E-state index contributed by atoms with van der Waals surface area (Å²) in [6.07, 6.45) is 0. The van der Waals surface area contributed by atoms with Gasteiger partial charge < -0.3 is 5.32 Å². The average molecular weight is 380 g/mol. The maximum atomic E-state index is 12.2. The molecule has 0 aromatic heterocycles. The van der Waals surface area contributed by atoms with E-state index >= 15 is 0 Å². The molecule has 0 aliphatic rings. The van der Waals surface area contributed by atoms with Crippen molar-refractivity contribution in [3.05, 3.63) is 72.2 Å². The molecule has 0 spiro atoms. The van der Waals surface area contributed by atoms with Gasteiger partial charge in [-0.3, -0.25) is 25.0 Å². The number of nitrogens with one attached hydrogen (secondary N) is 1. The summed E-state index contributed by atoms with van der Waals surface area (Å²) in [4.78, 5) is 32.3. The Hall–Kier alpha value is -2.81. The van der Waals surface area contributed by atoms with Crippen LogP contribution < -0.4 is 5.32 Å². The first-order chi connectivity index (χ1) is 10.8. The smallest absolute Gasteiger partial charge is 0.277 e. The van der Waals surface area contributed by atoms with Gasteiger partial charge in [0.2, 0.25) is 0 Å². The van der Waals surface area contributed by atoms with Crippen molar-refractivity contribution in [2.75, 3.05) is 5.32 Å². The Labute approximate surface area is 138 Å². The third kappa shape index (κ3) is 3.89. The van der Waals surface area contributed by atoms with E-state index in [1.54, 1.807) is 18.2 Å². The zero-order valence-corrected chi connectivity index (χ0v) is 13.4. The van der Waals surface area contributed by atoms with Crippen molar-refractivity contribution >= 4 is 38.9 Å². The van der Waals surface area contributed by atoms with Crippen molar-refractivity contribution in [2.45, 2.75) is 6.92 Å². The number of nitro groups is 2. The summed E-state index contributed by atoms with van der Waals surface area (Å²) in [6, 6.07) is 7.87. The molecule has 1 amide bonds. The van der Waals surface area contributed by atoms with E-state index in [9.17, 15) is 25.0 Å². The highest BCUT2D eigenvalue weighted by Gasteiger charge is 2.20. The van der Waals surface area contributed by atoms with Crippen LogP contribution in [0, 0.1) is 27.2 Å². The summed E-state index contributed by atoms with van der Waals surface area (Å²) >= 11 is 3.33. The molecule has 118 valence electrons. The van der Waals surface area contributed by atoms with Gasteiger partial charge in [-0.1, -0.05) is 15.9 Å². The SMILES string of the molecule is Cc1cc(NC(=O)c2cc([N+](=O)[O-])cc([N+](=O)[O-])c2)ccc1Br. The second-order valence-electron chi connectivity index (χ2n) is 4.67. The second-order valence-corrected chi connectivity index (χ2v) is 5.52. The minimum Gasteiger partial charge on any atom is -0.322 e. The van der Waals surface area contributed by atoms with Gasteiger partial charge in [0.1, 0.15) is 0 Å². The van der Waals surface area contributed by atoms with Gasteiger partial charge in [0.05, 0.1) is 21.5 Å². The van der Waals surface area contributed by atoms with E-state index in [4.69, 9.17) is 0 Å². The van der Waals surface area contributed by atoms with E-state index in [1.165, 1.54) is 0 Å². The van der Waals surface area contributed by atoms with E-state index in [-0.39, 0.29) is 5.56 Å². The first-order valence-corrected chi connectivity index (χ1v) is 7.08. The van der Waals surface area contributed by atoms with Crippen molar-refractivity contribution < 1.29 is 14.6 Å². The summed E-state index contributed by atoms with van der Waals surface area (Å²) < 4.78 is 0.862. The van der Waals surface area contributed by atoms with Crippen LogP contribution in [0.2, 0.25) is 0 Å². The molecule has 2 rings (SSSR count). The van der Waals surface area contributed by atoms with E-state index in [0.717, 1.165) is 28.2 Å². The van der Waals surface area contributed by atoms with Gasteiger partial charge >= 0.3 is 0 Å². The van der Waals surface area contributed by atoms with E-state index in [1.807, 2.05) is 6.92 Å². The molecule has 0 aliphatic heterocycles. The number of halogens is 1. The number of rotatable bonds is 4. The van der Waals surface area contributed by atoms with E-state index in [2.05, 4.69) is 21.2 Å². The number of hydrogen-bond donors (Lipinski definition) is 1. The minimum absolute atomic E-state index is 0.161. The number of anilines is 1. The third-order valence-electron chi connectivity index (χ3n) is 3.00. The van der Waals surface area contributed by atoms with Crippen LogP contribution in [0.5, 0.6) is 0 Å². The molecule has 1 N–H and O–H groups in total. The average Bonchev–Trinajstić information content (AvgIpc) is 2.50. The highest BCUT2D eigenvalue weighted by atomic mass is 79.9. The normalized spacial score (nSPS) is 10.2. The molecule has 0 aliphatic carbocycles. The number of carbonyl (C=O) groups is 1. The summed E-state index contributed by atoms with van der Waals surface area (Å²) in [6.45, 7) is 1.83. The lowest BCUT2D eigenvalue weighted by Crippen LogP contribution is -2.12. The van der Waals surface area contributed by atoms with Crippen LogP contribution in [0.15, 0.2) is 40.9 Å². The maximum Gasteiger partial charge on any atom is 0.277 e. The van der Waals surface area contributed by atoms with Gasteiger partial charge in [0.25, 0.3) is 17.3 Å². The molecule has 0 saturated carbocycles. The Bertz CT molecular complexity index is 790. The number of aryl methyl sites for hydroxylation is 1. The molecule has 0 saturated heterocycles. The number of amides is 1. The van der Waals surface area contributed by atoms with Crippen LogP contribution in [-0.4, -0.2) is 15.8 Å². The predicted octanol–water partition coefficient (Wildman–Crippen LogP) is 3.83. The molecule has 2 aromatic rings. The highest BCUT2D eigenvalue weighted by molar-refractivity contribution is 9.10. The first-order valence-electron chi connectivity index (χ1n) is 6.29. The van der Waals surface area contributed by atoms with Crippen LogP contribution in [0.3, 0.4) is 0 Å². The predicted molar refractivity (Wildman–Crippen MR) is 86.6 cm³/mol. The summed E-state index contributed by atoms with van der Waals surface area (Å²) in [5.74, 6) is -0.668. The quantitative estimate of drug-likeness (QED) is 0.639. The molecule has 0 radical (unpaired) electrons. The zero-order chi connectivity index (χ0) is 17.1. The zero-order valence-electron chi connectivity index (χ0n) is 11.8. The van der Waals surface area contributed by atoms with E-state index in [0.29, 0.717) is 5.69 Å². The molecule has 0 unspecified atom stereocenters. The number of non-ortho nitro benzene ring substituents is 2. The Morgan fingerprint density at radius 1 is 1.04 bits per heavy atom. The molecule has 8 nitrogen and oxygen atoms in total. The largest absolute Gasteiger partial charge is 0.322 e. The standard InChI is InChI=1S/C14H10BrN3O5/c1-8-4-10(2-3-13(8)15)16-14(19)9-5-11(17(20)21)7-12(6-9)18(22)23/h2-7H,1H3,(H,16,19). The van der Waals surface area contributed by atoms with Gasteiger partial charge in [-0.15, -0.1) is 0 Å². The lowest BCUT2D eigenvalue weighted by Gasteiger charge is -2.07. The van der Waals surface area contributed by atoms with Gasteiger partial charge in [-0.05, 0) is 30.7 Å². The van der Waals surface area contributed by atoms with Crippen molar-refractivity contribution in [1.82, 2.24) is 0 Å². The fraction of sp³-hybridized carbons (Fsp3) is 0.0714. The topological polar surface area (TPSA) is 115 Å². The maximum absolute atomic E-state index is 12.2. The van der Waals surface area contributed by atoms with Crippen molar-refractivity contribution in [1.29, 1.82) is 0 Å². The summed E-state index contributed by atoms with van der Waals surface area (Å²) in [5, 5.41) is 24.2. The Morgan fingerprint density at radius 2 is 1.61 bits per heavy atom. The van der Waals surface area contributed by atoms with Crippen LogP contribution in [0.4, 0.5) is 17.1 Å². The van der Waals surface area contributed by atoms with Crippen LogP contribution in [-0.2, 0) is 0 Å². The van der Waals surface area contributed by atoms with E-state index < -0.39 is 27.1 Å². The molecule has 9 heteroatoms. The summed E-state index contributed by atoms with van der Waals surface area (Å²) in [7, 11) is 0. The molecule has 0 fully saturated rings. The molecular formula is C14H10BrN3O5. The van der Waals surface area contributed by atoms with Gasteiger partial charge in [0.15, 0.2) is 0 Å². The third-order valence-corrected chi connectivity index (χ3v) is 3.89. The molecule has 0 atom stereocenters. The lowest BCUT2D eigenvalue weighted by atomic mass is 10.1. The van der Waals surface area contributed by atoms with Crippen molar-refractivity contribution in [2.24, 2.45) is 0 Å². The van der Waals surface area contributed by atoms with Crippen LogP contribution >= 0.6 is 15.9 Å². The fourth-order valence-electron chi connectivity index (χ4n) is 1.86. The Balaban J connectivity index is 2.36. The molecule has 0 heterocycles. The Morgan fingerprint density at radius 3 is 2.09 bits per heavy atom. The fourth-order valence-corrected chi connectivity index (χ4v) is 2.11. The number of nitrogens with zero attached hydrogens (tertiary/aromatic N) is 2. The molecule has 2 aromatic carbocycles. The number of nitro benzene ring substituents is 2. The Kier molecular flexibility index (Phi) is 4.70. The second kappa shape index (κ2) is 6.53. The van der Waals surface area contributed by atoms with Crippen LogP contribution in [0.1, 0.15) is 15.9 Å². The van der Waals surface area contributed by atoms with Crippen LogP contribution in [0.25, 0.3) is 0 Å². The highest BCUT2D eigenvalue weighted by Crippen LogP contribution is 2.24. The monoisotopic (exact) mass is 379 g/mol. The first kappa shape index (κ1) is 16.6. The minimum atomic E-state index is -0.784. The molecular weight excluding hydrogens is 370 g/mol.